The van der Waals surface area contributed by atoms with Crippen molar-refractivity contribution in [2.24, 2.45) is 0 Å². The Balaban J connectivity index is 0. The van der Waals surface area contributed by atoms with Crippen LogP contribution < -0.4 is 0 Å². The summed E-state index contributed by atoms with van der Waals surface area (Å²) < 4.78 is 0. The molecule has 0 spiro atoms. The van der Waals surface area contributed by atoms with Crippen molar-refractivity contribution in [3.8, 4) is 0 Å². The third kappa shape index (κ3) is 4.48. The van der Waals surface area contributed by atoms with E-state index in [-0.39, 0.29) is 0 Å². The summed E-state index contributed by atoms with van der Waals surface area (Å²) in [5.41, 5.74) is 12.2. The van der Waals surface area contributed by atoms with Gasteiger partial charge in [-0.1, -0.05) is 0 Å². The highest BCUT2D eigenvalue weighted by Crippen LogP contribution is 1.24. The van der Waals surface area contributed by atoms with Crippen LogP contribution in [0.25, 0.3) is 10.4 Å². The van der Waals surface area contributed by atoms with Gasteiger partial charge in [0.2, 0.25) is 0 Å². The van der Waals surface area contributed by atoms with Crippen molar-refractivity contribution in [3.63, 3.8) is 0 Å². The van der Waals surface area contributed by atoms with Gasteiger partial charge in [0, 0.05) is 0 Å². The van der Waals surface area contributed by atoms with E-state index in [1.165, 1.54) is 6.01 Å². The Morgan fingerprint density at radius 3 is 1.50 bits per heavy atom. The fourth-order valence-corrected chi connectivity index (χ4v) is 0. The Labute approximate surface area is 34.0 Å². The summed E-state index contributed by atoms with van der Waals surface area (Å²) in [4.78, 5) is 1.75. The zero-order valence-electron chi connectivity index (χ0n) is 2.89. The van der Waals surface area contributed by atoms with Crippen molar-refractivity contribution in [2.75, 3.05) is 0 Å². The van der Waals surface area contributed by atoms with Gasteiger partial charge in [0.1, 0.15) is 0 Å². The molecule has 0 saturated heterocycles. The monoisotopic (exact) mass is 85.0 g/mol. The minimum absolute atomic E-state index is 1.25. The highest BCUT2D eigenvalue weighted by molar-refractivity contribution is 5.29. The van der Waals surface area contributed by atoms with Crippen molar-refractivity contribution < 1.29 is 0 Å². The van der Waals surface area contributed by atoms with E-state index in [1.54, 1.807) is 4.91 Å². The Hall–Kier alpha value is -1.31. The predicted octanol–water partition coefficient (Wildman–Crippen LogP) is 1.19. The summed E-state index contributed by atoms with van der Waals surface area (Å²) in [7, 11) is 0. The molecule has 3 N–H and O–H groups in total. The van der Waals surface area contributed by atoms with Gasteiger partial charge in [0.25, 0.3) is 0 Å². The topological polar surface area (TPSA) is 108 Å². The average molecular weight is 85.1 g/mol. The summed E-state index contributed by atoms with van der Waals surface area (Å²) in [5.74, 6) is 0. The molecular weight excluding hydrogens is 82.0 g/mol. The molecule has 0 bridgehead atoms. The standard InChI is InChI=1S/CH2N2.HN3/c2-1-3;1-3-2/h2-3H;1H. The summed E-state index contributed by atoms with van der Waals surface area (Å²) >= 11 is 0. The highest BCUT2D eigenvalue weighted by Gasteiger charge is 0.973. The van der Waals surface area contributed by atoms with Crippen molar-refractivity contribution in [1.29, 1.82) is 16.3 Å². The normalized spacial score (nSPS) is 2.67. The van der Waals surface area contributed by atoms with E-state index in [0.29, 0.717) is 0 Å². The van der Waals surface area contributed by atoms with Crippen LogP contribution in [-0.2, 0) is 0 Å². The van der Waals surface area contributed by atoms with Crippen LogP contribution in [0.3, 0.4) is 0 Å². The second-order valence-corrected chi connectivity index (χ2v) is 0.225. The lowest BCUT2D eigenvalue weighted by molar-refractivity contribution is 1.45. The predicted molar refractivity (Wildman–Crippen MR) is 19.9 cm³/mol. The van der Waals surface area contributed by atoms with E-state index in [2.05, 4.69) is 0 Å². The Morgan fingerprint density at radius 1 is 1.50 bits per heavy atom. The molecule has 0 saturated carbocycles. The summed E-state index contributed by atoms with van der Waals surface area (Å²) in [6, 6.07) is 1.25. The minimum Gasteiger partial charge on any atom is -0.242 e. The lowest BCUT2D eigenvalue weighted by atomic mass is 11.6. The molecule has 0 heterocycles. The number of rotatable bonds is 0. The molecule has 0 amide bonds. The van der Waals surface area contributed by atoms with E-state index < -0.39 is 0 Å². The van der Waals surface area contributed by atoms with Crippen molar-refractivity contribution >= 4 is 6.01 Å². The van der Waals surface area contributed by atoms with Gasteiger partial charge in [0.05, 0.1) is 6.01 Å². The lowest BCUT2D eigenvalue weighted by Gasteiger charge is -1.09. The molecule has 5 heteroatoms. The first-order valence-electron chi connectivity index (χ1n) is 0.924. The maximum absolute atomic E-state index is 6.86. The van der Waals surface area contributed by atoms with Crippen molar-refractivity contribution in [3.05, 3.63) is 10.4 Å². The van der Waals surface area contributed by atoms with E-state index in [9.17, 15) is 0 Å². The van der Waals surface area contributed by atoms with Gasteiger partial charge < -0.3 is 0 Å². The molecule has 0 fully saturated rings. The number of nitrogens with zero attached hydrogens (tertiary/aromatic N) is 2. The fourth-order valence-electron chi connectivity index (χ4n) is 0. The maximum Gasteiger partial charge on any atom is 0.0831 e. The quantitative estimate of drug-likeness (QED) is 0.170. The van der Waals surface area contributed by atoms with Crippen molar-refractivity contribution in [2.45, 2.75) is 0 Å². The summed E-state index contributed by atoms with van der Waals surface area (Å²) in [5, 5.41) is 11.2. The van der Waals surface area contributed by atoms with Gasteiger partial charge in [-0.05, 0) is 10.4 Å². The molecule has 5 nitrogen and oxygen atoms in total. The Bertz CT molecular complexity index is 57.9. The third-order valence-corrected chi connectivity index (χ3v) is 0. The molecule has 6 heavy (non-hydrogen) atoms. The van der Waals surface area contributed by atoms with Crippen LogP contribution in [0.4, 0.5) is 0 Å². The van der Waals surface area contributed by atoms with E-state index in [1.807, 2.05) is 0 Å². The van der Waals surface area contributed by atoms with Crippen LogP contribution in [0.2, 0.25) is 0 Å². The molecular formula is CH3N5. The Morgan fingerprint density at radius 2 is 1.50 bits per heavy atom. The molecule has 0 aliphatic carbocycles. The molecule has 0 radical (unpaired) electrons. The van der Waals surface area contributed by atoms with Crippen LogP contribution in [0.15, 0.2) is 0 Å². The number of hydrogen-bond acceptors (Lipinski definition) is 3. The molecule has 0 aromatic heterocycles. The zero-order chi connectivity index (χ0) is 5.41. The van der Waals surface area contributed by atoms with Gasteiger partial charge in [-0.2, -0.15) is 0 Å². The molecule has 0 aromatic carbocycles. The van der Waals surface area contributed by atoms with Gasteiger partial charge >= 0.3 is 0 Å². The first-order valence-corrected chi connectivity index (χ1v) is 0.924. The average Bonchev–Trinajstić information content (AvgIpc) is 1.39. The first kappa shape index (κ1) is 8.83. The molecule has 0 rings (SSSR count). The third-order valence-electron chi connectivity index (χ3n) is 0. The highest BCUT2D eigenvalue weighted by atomic mass is 15.0. The zero-order valence-corrected chi connectivity index (χ0v) is 2.89. The van der Waals surface area contributed by atoms with Crippen molar-refractivity contribution in [1.82, 2.24) is 0 Å². The smallest absolute Gasteiger partial charge is 0.0831 e. The number of nitrogens with one attached hydrogen (secondary N) is 3. The van der Waals surface area contributed by atoms with Crippen LogP contribution >= 0.6 is 0 Å². The van der Waals surface area contributed by atoms with Gasteiger partial charge in [-0.15, -0.1) is 5.53 Å². The first-order chi connectivity index (χ1) is 2.83. The van der Waals surface area contributed by atoms with Crippen LogP contribution in [0, 0.1) is 16.3 Å². The molecule has 32 valence electrons. The van der Waals surface area contributed by atoms with Crippen LogP contribution in [-0.4, -0.2) is 6.01 Å². The molecule has 0 aromatic rings. The minimum atomic E-state index is 1.25. The summed E-state index contributed by atoms with van der Waals surface area (Å²) in [6.07, 6.45) is 0. The van der Waals surface area contributed by atoms with E-state index >= 15 is 0 Å². The second kappa shape index (κ2) is 56.1. The van der Waals surface area contributed by atoms with Gasteiger partial charge in [0.15, 0.2) is 0 Å². The maximum atomic E-state index is 6.86. The molecule has 0 aliphatic rings. The molecule has 0 unspecified atom stereocenters. The van der Waals surface area contributed by atoms with Crippen LogP contribution in [0.5, 0.6) is 0 Å². The number of hydrogen-bond donors (Lipinski definition) is 3. The van der Waals surface area contributed by atoms with Crippen LogP contribution in [0.1, 0.15) is 0 Å². The van der Waals surface area contributed by atoms with E-state index in [0.717, 1.165) is 0 Å². The fraction of sp³-hybridized carbons (Fsp3) is 0. The van der Waals surface area contributed by atoms with E-state index in [4.69, 9.17) is 21.9 Å². The molecule has 0 atom stereocenters. The SMILES string of the molecule is N=C=N.[N-]=[N+]=N. The largest absolute Gasteiger partial charge is 0.242 e. The van der Waals surface area contributed by atoms with Gasteiger partial charge in [-0.25, -0.2) is 10.8 Å². The second-order valence-electron chi connectivity index (χ2n) is 0.225. The summed E-state index contributed by atoms with van der Waals surface area (Å²) in [6.45, 7) is 0. The lowest BCUT2D eigenvalue weighted by Crippen LogP contribution is -1.11. The Kier molecular flexibility index (Phi) is 82.5. The molecule has 0 aliphatic heterocycles. The van der Waals surface area contributed by atoms with Gasteiger partial charge in [-0.3, -0.25) is 0 Å².